The standard InChI is InChI=1S/C18H21BrFN/c1-9-10(2)12(4)16(13(5)11(9)3)18(21)17-14(19)7-6-8-15(17)20/h6-8,18H,21H2,1-5H3. The summed E-state index contributed by atoms with van der Waals surface area (Å²) in [4.78, 5) is 0. The second kappa shape index (κ2) is 5.90. The summed E-state index contributed by atoms with van der Waals surface area (Å²) in [5, 5.41) is 0. The Morgan fingerprint density at radius 1 is 0.857 bits per heavy atom. The first-order valence-electron chi connectivity index (χ1n) is 7.03. The molecule has 0 saturated carbocycles. The molecule has 0 heterocycles. The minimum absolute atomic E-state index is 0.272. The number of nitrogens with two attached hydrogens (primary N) is 1. The molecule has 0 aromatic heterocycles. The van der Waals surface area contributed by atoms with Gasteiger partial charge in [-0.25, -0.2) is 4.39 Å². The molecule has 2 aromatic rings. The summed E-state index contributed by atoms with van der Waals surface area (Å²) < 4.78 is 14.9. The monoisotopic (exact) mass is 349 g/mol. The Morgan fingerprint density at radius 2 is 1.33 bits per heavy atom. The minimum Gasteiger partial charge on any atom is -0.320 e. The van der Waals surface area contributed by atoms with E-state index in [1.54, 1.807) is 6.07 Å². The van der Waals surface area contributed by atoms with Gasteiger partial charge in [-0.1, -0.05) is 22.0 Å². The Morgan fingerprint density at radius 3 is 1.81 bits per heavy atom. The van der Waals surface area contributed by atoms with Crippen molar-refractivity contribution in [3.8, 4) is 0 Å². The highest BCUT2D eigenvalue weighted by atomic mass is 79.9. The molecule has 0 aliphatic heterocycles. The Bertz CT molecular complexity index is 658. The third-order valence-corrected chi connectivity index (χ3v) is 5.37. The van der Waals surface area contributed by atoms with Crippen molar-refractivity contribution in [3.63, 3.8) is 0 Å². The van der Waals surface area contributed by atoms with Gasteiger partial charge in [0.15, 0.2) is 0 Å². The van der Waals surface area contributed by atoms with E-state index in [1.807, 2.05) is 6.07 Å². The van der Waals surface area contributed by atoms with Gasteiger partial charge in [0, 0.05) is 10.0 Å². The van der Waals surface area contributed by atoms with Crippen LogP contribution < -0.4 is 5.73 Å². The summed E-state index contributed by atoms with van der Waals surface area (Å²) in [6.45, 7) is 10.5. The van der Waals surface area contributed by atoms with Crippen LogP contribution in [0.25, 0.3) is 0 Å². The maximum atomic E-state index is 14.2. The largest absolute Gasteiger partial charge is 0.320 e. The van der Waals surface area contributed by atoms with Crippen molar-refractivity contribution in [1.82, 2.24) is 0 Å². The first kappa shape index (κ1) is 16.2. The van der Waals surface area contributed by atoms with E-state index in [4.69, 9.17) is 5.73 Å². The van der Waals surface area contributed by atoms with E-state index in [1.165, 1.54) is 22.8 Å². The van der Waals surface area contributed by atoms with Gasteiger partial charge in [0.1, 0.15) is 5.82 Å². The van der Waals surface area contributed by atoms with Crippen LogP contribution in [0, 0.1) is 40.4 Å². The molecule has 2 rings (SSSR count). The van der Waals surface area contributed by atoms with Crippen molar-refractivity contribution in [2.45, 2.75) is 40.7 Å². The molecule has 0 aliphatic carbocycles. The van der Waals surface area contributed by atoms with E-state index in [0.717, 1.165) is 16.7 Å². The number of halogens is 2. The van der Waals surface area contributed by atoms with Crippen molar-refractivity contribution in [1.29, 1.82) is 0 Å². The van der Waals surface area contributed by atoms with Gasteiger partial charge in [-0.3, -0.25) is 0 Å². The van der Waals surface area contributed by atoms with Crippen LogP contribution in [0.2, 0.25) is 0 Å². The molecule has 0 radical (unpaired) electrons. The second-order valence-electron chi connectivity index (χ2n) is 5.65. The first-order valence-corrected chi connectivity index (χ1v) is 7.83. The van der Waals surface area contributed by atoms with Crippen molar-refractivity contribution in [2.24, 2.45) is 5.73 Å². The number of hydrogen-bond acceptors (Lipinski definition) is 1. The van der Waals surface area contributed by atoms with Crippen molar-refractivity contribution >= 4 is 15.9 Å². The van der Waals surface area contributed by atoms with Gasteiger partial charge in [-0.05, 0) is 80.1 Å². The molecule has 1 unspecified atom stereocenters. The molecular formula is C18H21BrFN. The topological polar surface area (TPSA) is 26.0 Å². The average Bonchev–Trinajstić information content (AvgIpc) is 2.43. The molecule has 0 bridgehead atoms. The molecule has 1 atom stereocenters. The van der Waals surface area contributed by atoms with Crippen LogP contribution in [0.3, 0.4) is 0 Å². The quantitative estimate of drug-likeness (QED) is 0.794. The fraction of sp³-hybridized carbons (Fsp3) is 0.333. The molecule has 0 saturated heterocycles. The molecule has 2 aromatic carbocycles. The van der Waals surface area contributed by atoms with Crippen LogP contribution >= 0.6 is 15.9 Å². The fourth-order valence-corrected chi connectivity index (χ4v) is 3.54. The maximum absolute atomic E-state index is 14.2. The molecule has 112 valence electrons. The van der Waals surface area contributed by atoms with E-state index in [-0.39, 0.29) is 5.82 Å². The second-order valence-corrected chi connectivity index (χ2v) is 6.51. The van der Waals surface area contributed by atoms with Crippen LogP contribution in [0.15, 0.2) is 22.7 Å². The highest BCUT2D eigenvalue weighted by molar-refractivity contribution is 9.10. The highest BCUT2D eigenvalue weighted by Gasteiger charge is 2.22. The summed E-state index contributed by atoms with van der Waals surface area (Å²) in [6.07, 6.45) is 0. The van der Waals surface area contributed by atoms with E-state index in [0.29, 0.717) is 10.0 Å². The lowest BCUT2D eigenvalue weighted by Gasteiger charge is -2.24. The average molecular weight is 350 g/mol. The van der Waals surface area contributed by atoms with Crippen LogP contribution in [0.1, 0.15) is 45.0 Å². The third kappa shape index (κ3) is 2.65. The van der Waals surface area contributed by atoms with Crippen LogP contribution in [0.5, 0.6) is 0 Å². The van der Waals surface area contributed by atoms with Crippen molar-refractivity contribution in [3.05, 3.63) is 67.4 Å². The number of benzene rings is 2. The van der Waals surface area contributed by atoms with Gasteiger partial charge < -0.3 is 5.73 Å². The molecule has 3 heteroatoms. The lowest BCUT2D eigenvalue weighted by atomic mass is 9.84. The van der Waals surface area contributed by atoms with Gasteiger partial charge in [0.05, 0.1) is 6.04 Å². The number of rotatable bonds is 2. The van der Waals surface area contributed by atoms with Gasteiger partial charge in [0.2, 0.25) is 0 Å². The van der Waals surface area contributed by atoms with E-state index in [2.05, 4.69) is 50.5 Å². The van der Waals surface area contributed by atoms with Gasteiger partial charge in [0.25, 0.3) is 0 Å². The molecule has 0 aliphatic rings. The van der Waals surface area contributed by atoms with Crippen LogP contribution in [0.4, 0.5) is 4.39 Å². The summed E-state index contributed by atoms with van der Waals surface area (Å²) in [5.74, 6) is -0.272. The van der Waals surface area contributed by atoms with E-state index in [9.17, 15) is 4.39 Å². The van der Waals surface area contributed by atoms with Gasteiger partial charge >= 0.3 is 0 Å². The van der Waals surface area contributed by atoms with Crippen LogP contribution in [-0.4, -0.2) is 0 Å². The number of hydrogen-bond donors (Lipinski definition) is 1. The normalized spacial score (nSPS) is 12.6. The Balaban J connectivity index is 2.73. The molecule has 1 nitrogen and oxygen atoms in total. The maximum Gasteiger partial charge on any atom is 0.129 e. The molecule has 2 N–H and O–H groups in total. The molecule has 0 amide bonds. The zero-order valence-electron chi connectivity index (χ0n) is 13.1. The molecular weight excluding hydrogens is 329 g/mol. The molecule has 0 spiro atoms. The fourth-order valence-electron chi connectivity index (χ4n) is 2.95. The molecule has 21 heavy (non-hydrogen) atoms. The predicted molar refractivity (Wildman–Crippen MR) is 90.3 cm³/mol. The Kier molecular flexibility index (Phi) is 4.54. The summed E-state index contributed by atoms with van der Waals surface area (Å²) in [6, 6.07) is 4.50. The van der Waals surface area contributed by atoms with E-state index >= 15 is 0 Å². The first-order chi connectivity index (χ1) is 9.77. The van der Waals surface area contributed by atoms with Gasteiger partial charge in [-0.15, -0.1) is 0 Å². The summed E-state index contributed by atoms with van der Waals surface area (Å²) in [5.41, 5.74) is 14.0. The highest BCUT2D eigenvalue weighted by Crippen LogP contribution is 2.35. The van der Waals surface area contributed by atoms with E-state index < -0.39 is 6.04 Å². The zero-order valence-corrected chi connectivity index (χ0v) is 14.7. The molecule has 0 fully saturated rings. The third-order valence-electron chi connectivity index (χ3n) is 4.68. The summed E-state index contributed by atoms with van der Waals surface area (Å²) >= 11 is 3.43. The van der Waals surface area contributed by atoms with Crippen molar-refractivity contribution in [2.75, 3.05) is 0 Å². The Hall–Kier alpha value is -1.19. The van der Waals surface area contributed by atoms with Crippen molar-refractivity contribution < 1.29 is 4.39 Å². The van der Waals surface area contributed by atoms with Gasteiger partial charge in [-0.2, -0.15) is 0 Å². The Labute approximate surface area is 134 Å². The van der Waals surface area contributed by atoms with Crippen LogP contribution in [-0.2, 0) is 0 Å². The SMILES string of the molecule is Cc1c(C)c(C)c(C(N)c2c(F)cccc2Br)c(C)c1C. The predicted octanol–water partition coefficient (Wildman–Crippen LogP) is 5.18. The minimum atomic E-state index is -0.474. The lowest BCUT2D eigenvalue weighted by Crippen LogP contribution is -2.19. The summed E-state index contributed by atoms with van der Waals surface area (Å²) in [7, 11) is 0. The smallest absolute Gasteiger partial charge is 0.129 e. The lowest BCUT2D eigenvalue weighted by molar-refractivity contribution is 0.596. The zero-order chi connectivity index (χ0) is 15.9.